The fourth-order valence-corrected chi connectivity index (χ4v) is 7.10. The van der Waals surface area contributed by atoms with Gasteiger partial charge in [0.2, 0.25) is 0 Å². The van der Waals surface area contributed by atoms with E-state index in [0.717, 1.165) is 13.1 Å². The molecule has 0 spiro atoms. The van der Waals surface area contributed by atoms with Crippen molar-refractivity contribution in [3.8, 4) is 5.75 Å². The number of aryl methyl sites for hydroxylation is 6. The second-order valence-corrected chi connectivity index (χ2v) is 16.3. The number of nitro benzene ring substituents is 1. The van der Waals surface area contributed by atoms with Crippen molar-refractivity contribution in [3.63, 3.8) is 0 Å². The molecule has 9 heteroatoms. The first-order valence-corrected chi connectivity index (χ1v) is 18.6. The molecule has 0 bridgehead atoms. The number of hydrogen-bond donors (Lipinski definition) is 0. The fraction of sp³-hybridized carbons (Fsp3) is 0.355. The predicted octanol–water partition coefficient (Wildman–Crippen LogP) is 8.30. The fourth-order valence-electron chi connectivity index (χ4n) is 5.31. The number of aromatic hydroxyl groups is 1. The van der Waals surface area contributed by atoms with Gasteiger partial charge < -0.3 is 9.80 Å². The summed E-state index contributed by atoms with van der Waals surface area (Å²) in [6.07, 6.45) is 0.106. The van der Waals surface area contributed by atoms with E-state index in [-0.39, 0.29) is 11.8 Å². The van der Waals surface area contributed by atoms with E-state index < -0.39 is 18.4 Å². The summed E-state index contributed by atoms with van der Waals surface area (Å²) in [6, 6.07) is 13.6. The number of ether oxygens (including phenoxy) is 1. The molecule has 0 unspecified atom stereocenters. The van der Waals surface area contributed by atoms with E-state index in [9.17, 15) is 10.1 Å². The molecule has 0 radical (unpaired) electrons. The number of aliphatic hydroxyl groups is 1. The van der Waals surface area contributed by atoms with Crippen LogP contribution in [0.3, 0.4) is 0 Å². The van der Waals surface area contributed by atoms with Crippen LogP contribution in [0.4, 0.5) is 17.1 Å². The Kier molecular flexibility index (Phi) is 11.2. The van der Waals surface area contributed by atoms with Crippen molar-refractivity contribution in [1.82, 2.24) is 0 Å². The Morgan fingerprint density at radius 2 is 1.32 bits per heavy atom. The van der Waals surface area contributed by atoms with Crippen molar-refractivity contribution in [2.75, 3.05) is 22.9 Å². The summed E-state index contributed by atoms with van der Waals surface area (Å²) in [5.74, 6) is 0.686. The third-order valence-corrected chi connectivity index (χ3v) is 8.34. The first-order valence-electron chi connectivity index (χ1n) is 13.1. The van der Waals surface area contributed by atoms with Gasteiger partial charge >= 0.3 is 112 Å². The van der Waals surface area contributed by atoms with Crippen LogP contribution >= 0.6 is 19.4 Å². The zero-order chi connectivity index (χ0) is 29.7. The van der Waals surface area contributed by atoms with E-state index in [1.165, 1.54) is 56.9 Å². The molecule has 218 valence electrons. The van der Waals surface area contributed by atoms with Crippen LogP contribution in [0.5, 0.6) is 5.75 Å². The number of anilines is 2. The van der Waals surface area contributed by atoms with Crippen LogP contribution in [-0.4, -0.2) is 33.5 Å². The summed E-state index contributed by atoms with van der Waals surface area (Å²) >= 11 is -2.03. The van der Waals surface area contributed by atoms with Crippen LogP contribution in [0.1, 0.15) is 52.8 Å². The molecule has 0 saturated carbocycles. The van der Waals surface area contributed by atoms with Gasteiger partial charge in [-0.25, -0.2) is 0 Å². The van der Waals surface area contributed by atoms with Crippen molar-refractivity contribution in [1.29, 1.82) is 0 Å². The molecule has 4 rings (SSSR count). The normalized spacial score (nSPS) is 13.2. The Balaban J connectivity index is 0.000000232. The summed E-state index contributed by atoms with van der Waals surface area (Å²) in [6.45, 7) is 21.4. The minimum atomic E-state index is -2.03. The van der Waals surface area contributed by atoms with Crippen molar-refractivity contribution in [3.05, 3.63) is 98.2 Å². The van der Waals surface area contributed by atoms with Gasteiger partial charge in [-0.2, -0.15) is 6.67 Å². The van der Waals surface area contributed by atoms with Crippen molar-refractivity contribution in [2.45, 2.75) is 61.5 Å². The van der Waals surface area contributed by atoms with Gasteiger partial charge in [0.05, 0.1) is 0 Å². The van der Waals surface area contributed by atoms with Gasteiger partial charge in [0.1, 0.15) is 0 Å². The van der Waals surface area contributed by atoms with E-state index in [2.05, 4.69) is 87.0 Å². The number of hydrogen-bond acceptors (Lipinski definition) is 4. The minimum absolute atomic E-state index is 0.0164. The third-order valence-electron chi connectivity index (χ3n) is 6.51. The molecule has 1 N–H and O–H groups in total. The molecule has 0 aromatic heterocycles. The molecule has 0 amide bonds. The van der Waals surface area contributed by atoms with Crippen molar-refractivity contribution in [2.24, 2.45) is 0 Å². The van der Waals surface area contributed by atoms with E-state index >= 15 is 0 Å². The zero-order valence-corrected chi connectivity index (χ0v) is 27.7. The summed E-state index contributed by atoms with van der Waals surface area (Å²) in [4.78, 5) is 15.0. The number of nitro groups is 1. The average molecular weight is 674 g/mol. The molecule has 3 aromatic rings. The average Bonchev–Trinajstić information content (AvgIpc) is 3.27. The van der Waals surface area contributed by atoms with Gasteiger partial charge in [-0.1, -0.05) is 35.4 Å². The Labute approximate surface area is 251 Å². The van der Waals surface area contributed by atoms with Crippen LogP contribution in [0.25, 0.3) is 0 Å². The van der Waals surface area contributed by atoms with Crippen LogP contribution in [0, 0.1) is 58.3 Å². The van der Waals surface area contributed by atoms with Gasteiger partial charge in [0.25, 0.3) is 0 Å². The number of rotatable bonds is 6. The molecule has 1 heterocycles. The van der Waals surface area contributed by atoms with E-state index in [1.54, 1.807) is 10.7 Å². The molecule has 0 aliphatic carbocycles. The molecule has 40 heavy (non-hydrogen) atoms. The first-order chi connectivity index (χ1) is 18.8. The Hall–Kier alpha value is -2.47. The summed E-state index contributed by atoms with van der Waals surface area (Å²) in [7, 11) is 11.6. The summed E-state index contributed by atoms with van der Waals surface area (Å²) in [5.41, 5.74) is 11.5. The van der Waals surface area contributed by atoms with Gasteiger partial charge in [-0.15, -0.1) is 0 Å². The maximum absolute atomic E-state index is 10.7. The van der Waals surface area contributed by atoms with Gasteiger partial charge in [-0.3, -0.25) is 0 Å². The van der Waals surface area contributed by atoms with Gasteiger partial charge in [0, 0.05) is 24.5 Å². The smallest absolute Gasteiger partial charge is 0.0146 e. The van der Waals surface area contributed by atoms with Crippen LogP contribution in [0.2, 0.25) is 0 Å². The monoisotopic (exact) mass is 673 g/mol. The Bertz CT molecular complexity index is 1310. The number of non-ortho nitro benzene ring substituents is 1. The molecule has 3 aromatic carbocycles. The zero-order valence-electron chi connectivity index (χ0n) is 24.4. The second-order valence-electron chi connectivity index (χ2n) is 10.5. The third kappa shape index (κ3) is 8.28. The van der Waals surface area contributed by atoms with Crippen molar-refractivity contribution < 1.29 is 23.2 Å². The molecular formula is C31H39Cl2N3O3Ru. The van der Waals surface area contributed by atoms with E-state index in [0.29, 0.717) is 11.3 Å². The quantitative estimate of drug-likeness (QED) is 0.0869. The summed E-state index contributed by atoms with van der Waals surface area (Å²) in [5, 5.41) is 10.7. The molecule has 6 nitrogen and oxygen atoms in total. The standard InChI is InChI=1S/C21H27N2.C10H11NO3.2ClH.Ru/c1-14-9-16(3)20(17(4)10-14)22-7-8-23(13-22)21-18(5)11-15(2)12-19(21)6;1-7(2)14-10-5-4-9(11(12)13)6-8(10)3;;;/h9-13H,7-8H2,1-6H3;3-7H,1-2H3;2*1H;/q-1;;;;+2/p-1. The van der Waals surface area contributed by atoms with E-state index in [1.807, 2.05) is 13.8 Å². The van der Waals surface area contributed by atoms with E-state index in [4.69, 9.17) is 19.4 Å². The SMILES string of the molecule is CC(C)[OH+]c1ccc([N+](=O)[O-])cc1[CH]=[Ru]([Cl])[Cl].Cc1cc(C)c(N2[CH-]N(c3c(C)cc(C)cc3C)CC2)c(C)c1. The van der Waals surface area contributed by atoms with Gasteiger partial charge in [-0.05, 0) is 63.8 Å². The van der Waals surface area contributed by atoms with Crippen LogP contribution < -0.4 is 9.80 Å². The molecule has 1 aliphatic rings. The molecule has 1 fully saturated rings. The van der Waals surface area contributed by atoms with Crippen LogP contribution in [-0.2, 0) is 13.5 Å². The molecular weight excluding hydrogens is 634 g/mol. The van der Waals surface area contributed by atoms with Crippen molar-refractivity contribution >= 4 is 41.1 Å². The maximum atomic E-state index is 10.7. The second kappa shape index (κ2) is 13.9. The number of benzene rings is 3. The number of halogens is 2. The topological polar surface area (TPSA) is 62.4 Å². The first kappa shape index (κ1) is 32.1. The van der Waals surface area contributed by atoms with Crippen LogP contribution in [0.15, 0.2) is 42.5 Å². The Morgan fingerprint density at radius 3 is 1.70 bits per heavy atom. The molecule has 0 atom stereocenters. The maximum Gasteiger partial charge on any atom is 0.0146 e. The van der Waals surface area contributed by atoms with Gasteiger partial charge in [0.15, 0.2) is 0 Å². The predicted molar refractivity (Wildman–Crippen MR) is 167 cm³/mol. The molecule has 1 saturated heterocycles. The minimum Gasteiger partial charge on any atom is -0.502 e. The number of nitrogens with zero attached hydrogens (tertiary/aromatic N) is 3. The summed E-state index contributed by atoms with van der Waals surface area (Å²) < 4.78 is 6.03. The Morgan fingerprint density at radius 1 is 0.875 bits per heavy atom. The largest absolute Gasteiger partial charge is 0.502 e. The molecule has 1 aliphatic heterocycles.